The molecule has 1 aromatic carbocycles. The Balaban J connectivity index is 1.87. The van der Waals surface area contributed by atoms with Gasteiger partial charge < -0.3 is 14.6 Å². The van der Waals surface area contributed by atoms with Crippen LogP contribution >= 0.6 is 0 Å². The first-order valence-electron chi connectivity index (χ1n) is 7.70. The molecule has 0 aliphatic heterocycles. The lowest BCUT2D eigenvalue weighted by atomic mass is 10.1. The van der Waals surface area contributed by atoms with Crippen molar-refractivity contribution in [2.24, 2.45) is 0 Å². The molecule has 0 fully saturated rings. The van der Waals surface area contributed by atoms with Gasteiger partial charge in [-0.15, -0.1) is 0 Å². The Morgan fingerprint density at radius 3 is 2.88 bits per heavy atom. The highest BCUT2D eigenvalue weighted by Gasteiger charge is 2.27. The summed E-state index contributed by atoms with van der Waals surface area (Å²) in [5, 5.41) is 6.37. The van der Waals surface area contributed by atoms with Crippen molar-refractivity contribution in [3.8, 4) is 11.5 Å². The molecule has 1 heterocycles. The summed E-state index contributed by atoms with van der Waals surface area (Å²) in [6.45, 7) is 0.0617. The van der Waals surface area contributed by atoms with Crippen LogP contribution in [-0.2, 0) is 22.5 Å². The number of hydrogen-bond donors (Lipinski definition) is 1. The second-order valence-corrected chi connectivity index (χ2v) is 5.35. The Morgan fingerprint density at radius 1 is 1.36 bits per heavy atom. The molecule has 2 rings (SSSR count). The van der Waals surface area contributed by atoms with E-state index >= 15 is 0 Å². The Bertz CT molecular complexity index is 701. The number of aromatic nitrogens is 2. The maximum absolute atomic E-state index is 11.9. The van der Waals surface area contributed by atoms with Crippen molar-refractivity contribution in [1.82, 2.24) is 15.5 Å². The molecule has 1 N–H and O–H groups in total. The second-order valence-electron chi connectivity index (χ2n) is 5.35. The second kappa shape index (κ2) is 8.61. The maximum Gasteiger partial charge on any atom is 0.411 e. The predicted molar refractivity (Wildman–Crippen MR) is 82.4 cm³/mol. The lowest BCUT2D eigenvalue weighted by Crippen LogP contribution is -2.29. The van der Waals surface area contributed by atoms with E-state index in [4.69, 9.17) is 4.52 Å². The molecule has 0 aliphatic carbocycles. The van der Waals surface area contributed by atoms with Crippen LogP contribution in [0.5, 0.6) is 0 Å². The van der Waals surface area contributed by atoms with Crippen molar-refractivity contribution in [1.29, 1.82) is 0 Å². The largest absolute Gasteiger partial charge is 0.411 e. The number of carbonyl (C=O) groups is 1. The third-order valence-electron chi connectivity index (χ3n) is 3.10. The molecule has 6 nitrogen and oxygen atoms in total. The Hall–Kier alpha value is -2.42. The minimum Gasteiger partial charge on any atom is -0.362 e. The first-order valence-corrected chi connectivity index (χ1v) is 7.70. The molecular weight excluding hydrogens is 339 g/mol. The summed E-state index contributed by atoms with van der Waals surface area (Å²) < 4.78 is 45.3. The third-order valence-corrected chi connectivity index (χ3v) is 3.10. The van der Waals surface area contributed by atoms with Crippen LogP contribution < -0.4 is 5.32 Å². The minimum atomic E-state index is -4.45. The topological polar surface area (TPSA) is 77.2 Å². The summed E-state index contributed by atoms with van der Waals surface area (Å²) in [6.07, 6.45) is -2.83. The molecule has 0 saturated carbocycles. The van der Waals surface area contributed by atoms with Gasteiger partial charge in [0.25, 0.3) is 5.89 Å². The zero-order chi connectivity index (χ0) is 18.3. The van der Waals surface area contributed by atoms with Gasteiger partial charge >= 0.3 is 6.18 Å². The van der Waals surface area contributed by atoms with Crippen molar-refractivity contribution >= 4 is 5.91 Å². The fourth-order valence-electron chi connectivity index (χ4n) is 2.02. The summed E-state index contributed by atoms with van der Waals surface area (Å²) in [7, 11) is 0. The summed E-state index contributed by atoms with van der Waals surface area (Å²) in [5.41, 5.74) is 1.45. The summed E-state index contributed by atoms with van der Waals surface area (Å²) >= 11 is 0. The molecule has 0 unspecified atom stereocenters. The number of aryl methyl sites for hydroxylation is 1. The average molecular weight is 357 g/mol. The number of nitrogens with one attached hydrogen (secondary N) is 1. The number of ether oxygens (including phenoxy) is 1. The van der Waals surface area contributed by atoms with E-state index in [2.05, 4.69) is 20.2 Å². The highest BCUT2D eigenvalue weighted by Crippen LogP contribution is 2.19. The first kappa shape index (κ1) is 18.9. The number of halogens is 3. The number of amides is 1. The van der Waals surface area contributed by atoms with Gasteiger partial charge in [-0.2, -0.15) is 18.2 Å². The molecule has 0 bridgehead atoms. The van der Waals surface area contributed by atoms with Crippen LogP contribution in [0.3, 0.4) is 0 Å². The molecular formula is C16H18F3N3O3. The van der Waals surface area contributed by atoms with E-state index in [0.29, 0.717) is 17.3 Å². The normalized spacial score (nSPS) is 11.5. The van der Waals surface area contributed by atoms with Gasteiger partial charge in [0.15, 0.2) is 5.82 Å². The SMILES string of the molecule is CCCc1noc(-c2cccc(CNC(=O)COCC(F)(F)F)c2)n1. The van der Waals surface area contributed by atoms with E-state index in [1.54, 1.807) is 24.3 Å². The number of benzene rings is 1. The van der Waals surface area contributed by atoms with E-state index in [1.165, 1.54) is 0 Å². The van der Waals surface area contributed by atoms with Crippen LogP contribution in [0, 0.1) is 0 Å². The number of carbonyl (C=O) groups excluding carboxylic acids is 1. The molecule has 0 aliphatic rings. The molecule has 0 spiro atoms. The van der Waals surface area contributed by atoms with Crippen molar-refractivity contribution in [2.45, 2.75) is 32.5 Å². The van der Waals surface area contributed by atoms with Gasteiger partial charge in [-0.25, -0.2) is 0 Å². The average Bonchev–Trinajstić information content (AvgIpc) is 3.01. The molecule has 136 valence electrons. The predicted octanol–water partition coefficient (Wildman–Crippen LogP) is 2.88. The van der Waals surface area contributed by atoms with Crippen molar-refractivity contribution in [2.75, 3.05) is 13.2 Å². The van der Waals surface area contributed by atoms with E-state index in [0.717, 1.165) is 18.4 Å². The van der Waals surface area contributed by atoms with Crippen molar-refractivity contribution in [3.63, 3.8) is 0 Å². The summed E-state index contributed by atoms with van der Waals surface area (Å²) in [4.78, 5) is 15.8. The zero-order valence-corrected chi connectivity index (χ0v) is 13.6. The third kappa shape index (κ3) is 6.54. The fraction of sp³-hybridized carbons (Fsp3) is 0.438. The minimum absolute atomic E-state index is 0.151. The highest BCUT2D eigenvalue weighted by molar-refractivity contribution is 5.77. The van der Waals surface area contributed by atoms with Crippen LogP contribution in [0.15, 0.2) is 28.8 Å². The summed E-state index contributed by atoms with van der Waals surface area (Å²) in [5.74, 6) is 0.376. The van der Waals surface area contributed by atoms with Gasteiger partial charge in [-0.05, 0) is 24.1 Å². The lowest BCUT2D eigenvalue weighted by molar-refractivity contribution is -0.175. The van der Waals surface area contributed by atoms with Gasteiger partial charge in [0.05, 0.1) is 0 Å². The Labute approximate surface area is 142 Å². The van der Waals surface area contributed by atoms with Gasteiger partial charge in [0.2, 0.25) is 5.91 Å². The Kier molecular flexibility index (Phi) is 6.51. The molecule has 0 radical (unpaired) electrons. The monoisotopic (exact) mass is 357 g/mol. The van der Waals surface area contributed by atoms with Gasteiger partial charge in [-0.3, -0.25) is 4.79 Å². The van der Waals surface area contributed by atoms with E-state index in [1.807, 2.05) is 6.92 Å². The Morgan fingerprint density at radius 2 is 2.16 bits per heavy atom. The van der Waals surface area contributed by atoms with Crippen LogP contribution in [-0.4, -0.2) is 35.4 Å². The summed E-state index contributed by atoms with van der Waals surface area (Å²) in [6, 6.07) is 7.09. The molecule has 9 heteroatoms. The standard InChI is InChI=1S/C16H18F3N3O3/c1-2-4-13-21-15(25-22-13)12-6-3-5-11(7-12)8-20-14(23)9-24-10-16(17,18)19/h3,5-7H,2,4,8-10H2,1H3,(H,20,23). The number of nitrogens with zero attached hydrogens (tertiary/aromatic N) is 2. The zero-order valence-electron chi connectivity index (χ0n) is 13.6. The number of alkyl halides is 3. The number of rotatable bonds is 8. The first-order chi connectivity index (χ1) is 11.9. The van der Waals surface area contributed by atoms with Crippen molar-refractivity contribution in [3.05, 3.63) is 35.7 Å². The van der Waals surface area contributed by atoms with Crippen LogP contribution in [0.25, 0.3) is 11.5 Å². The van der Waals surface area contributed by atoms with Gasteiger partial charge in [0, 0.05) is 18.5 Å². The smallest absolute Gasteiger partial charge is 0.362 e. The van der Waals surface area contributed by atoms with Crippen LogP contribution in [0.4, 0.5) is 13.2 Å². The van der Waals surface area contributed by atoms with E-state index < -0.39 is 25.3 Å². The fourth-order valence-corrected chi connectivity index (χ4v) is 2.02. The molecule has 0 saturated heterocycles. The molecule has 1 aromatic heterocycles. The maximum atomic E-state index is 11.9. The van der Waals surface area contributed by atoms with Gasteiger partial charge in [0.1, 0.15) is 13.2 Å². The number of hydrogen-bond acceptors (Lipinski definition) is 5. The van der Waals surface area contributed by atoms with Crippen LogP contribution in [0.1, 0.15) is 24.7 Å². The molecule has 25 heavy (non-hydrogen) atoms. The molecule has 2 aromatic rings. The van der Waals surface area contributed by atoms with E-state index in [-0.39, 0.29) is 6.54 Å². The van der Waals surface area contributed by atoms with E-state index in [9.17, 15) is 18.0 Å². The van der Waals surface area contributed by atoms with Crippen LogP contribution in [0.2, 0.25) is 0 Å². The highest BCUT2D eigenvalue weighted by atomic mass is 19.4. The quantitative estimate of drug-likeness (QED) is 0.786. The van der Waals surface area contributed by atoms with Crippen molar-refractivity contribution < 1.29 is 27.2 Å². The molecule has 0 atom stereocenters. The lowest BCUT2D eigenvalue weighted by Gasteiger charge is -2.08. The molecule has 1 amide bonds. The van der Waals surface area contributed by atoms with Gasteiger partial charge in [-0.1, -0.05) is 24.2 Å².